The Labute approximate surface area is 172 Å². The summed E-state index contributed by atoms with van der Waals surface area (Å²) in [7, 11) is -3.63. The number of hydrogen-bond donors (Lipinski definition) is 1. The minimum absolute atomic E-state index is 0.167. The van der Waals surface area contributed by atoms with Crippen LogP contribution in [0.3, 0.4) is 0 Å². The first-order valence-corrected chi connectivity index (χ1v) is 11.8. The zero-order valence-electron chi connectivity index (χ0n) is 15.6. The van der Waals surface area contributed by atoms with Gasteiger partial charge in [-0.1, -0.05) is 18.9 Å². The van der Waals surface area contributed by atoms with Crippen LogP contribution in [0.15, 0.2) is 45.2 Å². The van der Waals surface area contributed by atoms with Crippen molar-refractivity contribution in [2.24, 2.45) is 0 Å². The fourth-order valence-electron chi connectivity index (χ4n) is 3.66. The maximum absolute atomic E-state index is 12.7. The maximum atomic E-state index is 12.7. The van der Waals surface area contributed by atoms with Gasteiger partial charge in [-0.2, -0.15) is 0 Å². The third kappa shape index (κ3) is 3.77. The van der Waals surface area contributed by atoms with Gasteiger partial charge in [0.15, 0.2) is 23.1 Å². The highest BCUT2D eigenvalue weighted by Gasteiger charge is 2.24. The molecule has 9 heteroatoms. The number of aromatic nitrogens is 1. The quantitative estimate of drug-likeness (QED) is 0.626. The van der Waals surface area contributed by atoms with Crippen LogP contribution in [0.5, 0.6) is 11.5 Å². The number of nitrogens with one attached hydrogen (secondary N) is 1. The van der Waals surface area contributed by atoms with E-state index in [2.05, 4.69) is 9.71 Å². The molecule has 0 bridgehead atoms. The lowest BCUT2D eigenvalue weighted by atomic mass is 10.1. The van der Waals surface area contributed by atoms with Gasteiger partial charge in [0.25, 0.3) is 0 Å². The van der Waals surface area contributed by atoms with Crippen LogP contribution in [0.2, 0.25) is 0 Å². The Hall–Kier alpha value is -2.36. The van der Waals surface area contributed by atoms with Gasteiger partial charge >= 0.3 is 0 Å². The van der Waals surface area contributed by atoms with Crippen LogP contribution in [0.25, 0.3) is 10.6 Å². The van der Waals surface area contributed by atoms with E-state index in [1.54, 1.807) is 30.5 Å². The molecule has 1 N–H and O–H groups in total. The first-order valence-electron chi connectivity index (χ1n) is 9.53. The Balaban J connectivity index is 1.29. The summed E-state index contributed by atoms with van der Waals surface area (Å²) in [5, 5.41) is 0. The van der Waals surface area contributed by atoms with Gasteiger partial charge in [0, 0.05) is 12.5 Å². The van der Waals surface area contributed by atoms with Gasteiger partial charge in [-0.05, 0) is 42.7 Å². The molecule has 0 atom stereocenters. The third-order valence-corrected chi connectivity index (χ3v) is 8.21. The number of nitrogens with zero attached hydrogens (tertiary/aromatic N) is 1. The molecule has 0 radical (unpaired) electrons. The van der Waals surface area contributed by atoms with E-state index >= 15 is 0 Å². The number of sulfonamides is 1. The molecule has 0 saturated heterocycles. The average Bonchev–Trinajstić information content (AvgIpc) is 3.51. The van der Waals surface area contributed by atoms with Crippen LogP contribution in [0, 0.1) is 0 Å². The molecule has 1 aromatic carbocycles. The second-order valence-corrected chi connectivity index (χ2v) is 10.3. The van der Waals surface area contributed by atoms with E-state index in [1.807, 2.05) is 6.07 Å². The Morgan fingerprint density at radius 2 is 1.93 bits per heavy atom. The molecule has 1 saturated carbocycles. The molecular formula is C20H20N2O5S2. The summed E-state index contributed by atoms with van der Waals surface area (Å²) in [6, 6.07) is 8.73. The second kappa shape index (κ2) is 7.47. The van der Waals surface area contributed by atoms with Crippen molar-refractivity contribution in [3.8, 4) is 22.1 Å². The molecule has 2 aliphatic rings. The normalized spacial score (nSPS) is 16.6. The van der Waals surface area contributed by atoms with E-state index in [0.29, 0.717) is 23.2 Å². The number of thiophene rings is 1. The van der Waals surface area contributed by atoms with Gasteiger partial charge < -0.3 is 13.9 Å². The number of oxazole rings is 1. The Morgan fingerprint density at radius 3 is 2.79 bits per heavy atom. The molecule has 3 aromatic rings. The predicted molar refractivity (Wildman–Crippen MR) is 108 cm³/mol. The zero-order chi connectivity index (χ0) is 19.8. The van der Waals surface area contributed by atoms with Crippen LogP contribution in [0.1, 0.15) is 43.1 Å². The number of ether oxygens (including phenoxy) is 2. The van der Waals surface area contributed by atoms with Gasteiger partial charge in [0.2, 0.25) is 16.8 Å². The SMILES string of the molecule is O=S(=O)(NCc1ccc2c(c1)OCO2)c1ccc(-c2cnc(C3CCCC3)o2)s1. The van der Waals surface area contributed by atoms with Crippen molar-refractivity contribution in [2.75, 3.05) is 6.79 Å². The molecule has 0 spiro atoms. The van der Waals surface area contributed by atoms with Crippen molar-refractivity contribution >= 4 is 21.4 Å². The molecule has 5 rings (SSSR count). The van der Waals surface area contributed by atoms with Crippen molar-refractivity contribution in [1.29, 1.82) is 0 Å². The van der Waals surface area contributed by atoms with E-state index in [4.69, 9.17) is 13.9 Å². The average molecular weight is 433 g/mol. The fraction of sp³-hybridized carbons (Fsp3) is 0.350. The molecule has 1 aliphatic heterocycles. The summed E-state index contributed by atoms with van der Waals surface area (Å²) >= 11 is 1.18. The zero-order valence-corrected chi connectivity index (χ0v) is 17.2. The van der Waals surface area contributed by atoms with Gasteiger partial charge in [-0.3, -0.25) is 0 Å². The summed E-state index contributed by atoms with van der Waals surface area (Å²) in [5.74, 6) is 3.06. The number of benzene rings is 1. The number of rotatable bonds is 6. The molecular weight excluding hydrogens is 412 g/mol. The van der Waals surface area contributed by atoms with E-state index in [-0.39, 0.29) is 17.5 Å². The van der Waals surface area contributed by atoms with Gasteiger partial charge in [-0.15, -0.1) is 11.3 Å². The second-order valence-electron chi connectivity index (χ2n) is 7.17. The Morgan fingerprint density at radius 1 is 1.10 bits per heavy atom. The summed E-state index contributed by atoms with van der Waals surface area (Å²) in [6.07, 6.45) is 6.31. The maximum Gasteiger partial charge on any atom is 0.250 e. The fourth-order valence-corrected chi connectivity index (χ4v) is 5.98. The van der Waals surface area contributed by atoms with Crippen molar-refractivity contribution in [3.05, 3.63) is 48.0 Å². The van der Waals surface area contributed by atoms with Gasteiger partial charge in [0.05, 0.1) is 11.1 Å². The van der Waals surface area contributed by atoms with E-state index < -0.39 is 10.0 Å². The highest BCUT2D eigenvalue weighted by atomic mass is 32.2. The van der Waals surface area contributed by atoms with E-state index in [1.165, 1.54) is 24.2 Å². The predicted octanol–water partition coefficient (Wildman–Crippen LogP) is 4.27. The molecule has 7 nitrogen and oxygen atoms in total. The van der Waals surface area contributed by atoms with Crippen LogP contribution in [0.4, 0.5) is 0 Å². The first kappa shape index (κ1) is 18.7. The lowest BCUT2D eigenvalue weighted by molar-refractivity contribution is 0.174. The highest BCUT2D eigenvalue weighted by Crippen LogP contribution is 2.37. The van der Waals surface area contributed by atoms with Crippen molar-refractivity contribution in [1.82, 2.24) is 9.71 Å². The lowest BCUT2D eigenvalue weighted by Gasteiger charge is -2.06. The summed E-state index contributed by atoms with van der Waals surface area (Å²) in [5.41, 5.74) is 0.797. The number of fused-ring (bicyclic) bond motifs is 1. The Kier molecular flexibility index (Phi) is 4.81. The summed E-state index contributed by atoms with van der Waals surface area (Å²) in [6.45, 7) is 0.354. The standard InChI is InChI=1S/C20H20N2O5S2/c23-29(24,22-10-13-5-6-15-16(9-13)26-12-25-15)19-8-7-18(28-19)17-11-21-20(27-17)14-3-1-2-4-14/h5-9,11,14,22H,1-4,10,12H2. The van der Waals surface area contributed by atoms with Crippen LogP contribution in [-0.4, -0.2) is 20.2 Å². The van der Waals surface area contributed by atoms with Crippen molar-refractivity contribution in [2.45, 2.75) is 42.4 Å². The van der Waals surface area contributed by atoms with Crippen molar-refractivity contribution < 1.29 is 22.3 Å². The van der Waals surface area contributed by atoms with Gasteiger partial charge in [0.1, 0.15) is 4.21 Å². The molecule has 29 heavy (non-hydrogen) atoms. The van der Waals surface area contributed by atoms with E-state index in [9.17, 15) is 8.42 Å². The van der Waals surface area contributed by atoms with Crippen molar-refractivity contribution in [3.63, 3.8) is 0 Å². The molecule has 1 fully saturated rings. The highest BCUT2D eigenvalue weighted by molar-refractivity contribution is 7.91. The van der Waals surface area contributed by atoms with E-state index in [0.717, 1.165) is 29.2 Å². The van der Waals surface area contributed by atoms with Crippen LogP contribution >= 0.6 is 11.3 Å². The smallest absolute Gasteiger partial charge is 0.250 e. The molecule has 2 aromatic heterocycles. The monoisotopic (exact) mass is 432 g/mol. The lowest BCUT2D eigenvalue weighted by Crippen LogP contribution is -2.22. The largest absolute Gasteiger partial charge is 0.454 e. The molecule has 1 aliphatic carbocycles. The summed E-state index contributed by atoms with van der Waals surface area (Å²) in [4.78, 5) is 5.16. The Bertz CT molecular complexity index is 1130. The first-order chi connectivity index (χ1) is 14.1. The molecule has 3 heterocycles. The molecule has 152 valence electrons. The molecule has 0 amide bonds. The minimum Gasteiger partial charge on any atom is -0.454 e. The van der Waals surface area contributed by atoms with Gasteiger partial charge in [-0.25, -0.2) is 18.1 Å². The number of hydrogen-bond acceptors (Lipinski definition) is 7. The topological polar surface area (TPSA) is 90.7 Å². The third-order valence-electron chi connectivity index (χ3n) is 5.22. The minimum atomic E-state index is -3.63. The van der Waals surface area contributed by atoms with Crippen LogP contribution < -0.4 is 14.2 Å². The van der Waals surface area contributed by atoms with Crippen LogP contribution in [-0.2, 0) is 16.6 Å². The summed E-state index contributed by atoms with van der Waals surface area (Å²) < 4.78 is 44.8. The molecule has 0 unspecified atom stereocenters.